The number of carbonyl (C=O) groups is 2. The molecule has 32 heavy (non-hydrogen) atoms. The third kappa shape index (κ3) is 2.74. The Balaban J connectivity index is 1.71. The number of esters is 1. The first kappa shape index (κ1) is 20.2. The van der Waals surface area contributed by atoms with E-state index in [1.54, 1.807) is 19.1 Å². The van der Waals surface area contributed by atoms with Crippen LogP contribution >= 0.6 is 0 Å². The average Bonchev–Trinajstić information content (AvgIpc) is 3.12. The number of aromatic nitrogens is 2. The molecule has 0 fully saturated rings. The van der Waals surface area contributed by atoms with E-state index < -0.39 is 17.5 Å². The van der Waals surface area contributed by atoms with Gasteiger partial charge in [-0.05, 0) is 37.1 Å². The van der Waals surface area contributed by atoms with Crippen molar-refractivity contribution in [2.45, 2.75) is 44.9 Å². The van der Waals surface area contributed by atoms with Gasteiger partial charge >= 0.3 is 11.9 Å². The van der Waals surface area contributed by atoms with Gasteiger partial charge in [-0.25, -0.2) is 9.78 Å². The molecule has 1 aromatic carbocycles. The molecule has 0 saturated carbocycles. The zero-order valence-corrected chi connectivity index (χ0v) is 17.2. The zero-order chi connectivity index (χ0) is 22.8. The number of carbonyl (C=O) groups excluding carboxylic acids is 1. The number of ether oxygens (including phenoxy) is 1. The number of aliphatic hydroxyl groups is 1. The molecule has 4 heterocycles. The quantitative estimate of drug-likeness (QED) is 0.412. The number of aliphatic carboxylic acids is 1. The van der Waals surface area contributed by atoms with Gasteiger partial charge in [-0.1, -0.05) is 6.92 Å². The Labute approximate surface area is 181 Å². The van der Waals surface area contributed by atoms with Crippen LogP contribution < -0.4 is 5.56 Å². The van der Waals surface area contributed by atoms with Crippen LogP contribution in [0.15, 0.2) is 29.1 Å². The van der Waals surface area contributed by atoms with E-state index in [0.717, 1.165) is 5.56 Å². The standard InChI is InChI=1S/C23H20N2O7/c1-2-23(31)15-8-17-20-11(9-25(17)21(29)14(15)10-32-22(23)30)7-13-12(3-6-19(27)28)18(26)5-4-16(13)24-20/h4-5,7-8,26,31H,2-3,6,9-10H2,1H3,(H,27,28)/t23-/m0/s1. The molecule has 5 rings (SSSR count). The normalized spacial score (nSPS) is 18.8. The number of nitrogens with zero attached hydrogens (tertiary/aromatic N) is 2. The van der Waals surface area contributed by atoms with Crippen LogP contribution in [-0.2, 0) is 39.5 Å². The Kier molecular flexibility index (Phi) is 4.35. The Morgan fingerprint density at radius 1 is 1.28 bits per heavy atom. The molecule has 0 saturated heterocycles. The van der Waals surface area contributed by atoms with Gasteiger partial charge in [-0.15, -0.1) is 0 Å². The molecule has 0 aliphatic carbocycles. The summed E-state index contributed by atoms with van der Waals surface area (Å²) in [5.74, 6) is -1.76. The van der Waals surface area contributed by atoms with Crippen molar-refractivity contribution in [1.82, 2.24) is 9.55 Å². The van der Waals surface area contributed by atoms with Crippen LogP contribution in [0.1, 0.15) is 42.0 Å². The van der Waals surface area contributed by atoms with Crippen molar-refractivity contribution < 1.29 is 29.6 Å². The molecule has 9 nitrogen and oxygen atoms in total. The fourth-order valence-electron chi connectivity index (χ4n) is 4.59. The Morgan fingerprint density at radius 2 is 2.06 bits per heavy atom. The summed E-state index contributed by atoms with van der Waals surface area (Å²) in [4.78, 5) is 41.2. The molecule has 2 aliphatic heterocycles. The number of phenolic OH excluding ortho intramolecular Hbond substituents is 1. The minimum Gasteiger partial charge on any atom is -0.508 e. The van der Waals surface area contributed by atoms with Crippen LogP contribution in [0.5, 0.6) is 5.75 Å². The van der Waals surface area contributed by atoms with E-state index in [4.69, 9.17) is 14.8 Å². The van der Waals surface area contributed by atoms with E-state index in [-0.39, 0.29) is 54.8 Å². The molecule has 0 amide bonds. The lowest BCUT2D eigenvalue weighted by Crippen LogP contribution is -2.44. The van der Waals surface area contributed by atoms with Crippen molar-refractivity contribution in [1.29, 1.82) is 0 Å². The summed E-state index contributed by atoms with van der Waals surface area (Å²) < 4.78 is 6.60. The fraction of sp³-hybridized carbons (Fsp3) is 0.304. The summed E-state index contributed by atoms with van der Waals surface area (Å²) >= 11 is 0. The number of hydrogen-bond acceptors (Lipinski definition) is 7. The summed E-state index contributed by atoms with van der Waals surface area (Å²) in [6, 6.07) is 6.55. The fourth-order valence-corrected chi connectivity index (χ4v) is 4.59. The molecule has 2 aromatic heterocycles. The lowest BCUT2D eigenvalue weighted by Gasteiger charge is -2.31. The van der Waals surface area contributed by atoms with Gasteiger partial charge in [0.15, 0.2) is 5.60 Å². The number of carboxylic acid groups (broad SMARTS) is 1. The smallest absolute Gasteiger partial charge is 0.343 e. The lowest BCUT2D eigenvalue weighted by molar-refractivity contribution is -0.172. The van der Waals surface area contributed by atoms with Crippen LogP contribution in [0.2, 0.25) is 0 Å². The van der Waals surface area contributed by atoms with Crippen molar-refractivity contribution in [2.24, 2.45) is 0 Å². The van der Waals surface area contributed by atoms with Crippen molar-refractivity contribution in [3.05, 3.63) is 56.9 Å². The van der Waals surface area contributed by atoms with Gasteiger partial charge in [-0.2, -0.15) is 0 Å². The second-order valence-electron chi connectivity index (χ2n) is 8.12. The average molecular weight is 436 g/mol. The number of cyclic esters (lactones) is 1. The number of rotatable bonds is 4. The van der Waals surface area contributed by atoms with Crippen LogP contribution in [-0.4, -0.2) is 36.8 Å². The van der Waals surface area contributed by atoms with E-state index in [1.165, 1.54) is 10.6 Å². The molecule has 164 valence electrons. The van der Waals surface area contributed by atoms with E-state index >= 15 is 0 Å². The maximum absolute atomic E-state index is 13.2. The van der Waals surface area contributed by atoms with Crippen molar-refractivity contribution >= 4 is 22.8 Å². The lowest BCUT2D eigenvalue weighted by atomic mass is 9.86. The predicted octanol–water partition coefficient (Wildman–Crippen LogP) is 1.80. The van der Waals surface area contributed by atoms with Gasteiger partial charge in [-0.3, -0.25) is 9.59 Å². The highest BCUT2D eigenvalue weighted by molar-refractivity contribution is 5.89. The molecule has 0 spiro atoms. The molecule has 1 atom stereocenters. The molecule has 3 aromatic rings. The van der Waals surface area contributed by atoms with Crippen molar-refractivity contribution in [2.75, 3.05) is 0 Å². The molecule has 0 bridgehead atoms. The van der Waals surface area contributed by atoms with Crippen LogP contribution in [0.3, 0.4) is 0 Å². The molecule has 9 heteroatoms. The molecule has 0 unspecified atom stereocenters. The summed E-state index contributed by atoms with van der Waals surface area (Å²) in [7, 11) is 0. The highest BCUT2D eigenvalue weighted by atomic mass is 16.6. The first-order valence-corrected chi connectivity index (χ1v) is 10.3. The van der Waals surface area contributed by atoms with Gasteiger partial charge in [0.25, 0.3) is 5.56 Å². The number of fused-ring (bicyclic) bond motifs is 5. The third-order valence-electron chi connectivity index (χ3n) is 6.37. The summed E-state index contributed by atoms with van der Waals surface area (Å²) in [5, 5.41) is 30.9. The van der Waals surface area contributed by atoms with Gasteiger partial charge in [0.2, 0.25) is 0 Å². The van der Waals surface area contributed by atoms with Gasteiger partial charge in [0.1, 0.15) is 12.4 Å². The minimum absolute atomic E-state index is 0.00712. The number of benzene rings is 1. The van der Waals surface area contributed by atoms with Gasteiger partial charge in [0, 0.05) is 28.5 Å². The Morgan fingerprint density at radius 3 is 2.78 bits per heavy atom. The first-order valence-electron chi connectivity index (χ1n) is 10.3. The first-order chi connectivity index (χ1) is 15.2. The van der Waals surface area contributed by atoms with Gasteiger partial charge < -0.3 is 24.6 Å². The van der Waals surface area contributed by atoms with Crippen LogP contribution in [0, 0.1) is 0 Å². The predicted molar refractivity (Wildman–Crippen MR) is 112 cm³/mol. The minimum atomic E-state index is -1.89. The number of phenols is 1. The second-order valence-corrected chi connectivity index (χ2v) is 8.12. The number of carboxylic acids is 1. The van der Waals surface area contributed by atoms with Crippen molar-refractivity contribution in [3.8, 4) is 17.1 Å². The summed E-state index contributed by atoms with van der Waals surface area (Å²) in [6.07, 6.45) is 0.0644. The molecular weight excluding hydrogens is 416 g/mol. The van der Waals surface area contributed by atoms with Crippen molar-refractivity contribution in [3.63, 3.8) is 0 Å². The van der Waals surface area contributed by atoms with E-state index in [0.29, 0.717) is 27.9 Å². The molecule has 0 radical (unpaired) electrons. The maximum atomic E-state index is 13.2. The monoisotopic (exact) mass is 436 g/mol. The van der Waals surface area contributed by atoms with E-state index in [2.05, 4.69) is 0 Å². The Bertz CT molecular complexity index is 1390. The number of aromatic hydroxyl groups is 1. The number of pyridine rings is 2. The maximum Gasteiger partial charge on any atom is 0.343 e. The van der Waals surface area contributed by atoms with Crippen LogP contribution in [0.4, 0.5) is 0 Å². The highest BCUT2D eigenvalue weighted by Crippen LogP contribution is 2.39. The summed E-state index contributed by atoms with van der Waals surface area (Å²) in [5.41, 5.74) is 1.05. The molecular formula is C23H20N2O7. The largest absolute Gasteiger partial charge is 0.508 e. The topological polar surface area (TPSA) is 139 Å². The number of hydrogen-bond donors (Lipinski definition) is 3. The van der Waals surface area contributed by atoms with Crippen LogP contribution in [0.25, 0.3) is 22.3 Å². The SMILES string of the molecule is CC[C@@]1(O)C(=O)OCc2c1cc1n(c2=O)Cc2cc3c(CCC(=O)O)c(O)ccc3nc2-1. The third-order valence-corrected chi connectivity index (χ3v) is 6.37. The highest BCUT2D eigenvalue weighted by Gasteiger charge is 2.45. The molecule has 2 aliphatic rings. The number of aryl methyl sites for hydroxylation is 1. The van der Waals surface area contributed by atoms with Gasteiger partial charge in [0.05, 0.1) is 29.0 Å². The van der Waals surface area contributed by atoms with E-state index in [9.17, 15) is 24.6 Å². The Hall–Kier alpha value is -3.72. The van der Waals surface area contributed by atoms with E-state index in [1.807, 2.05) is 6.07 Å². The zero-order valence-electron chi connectivity index (χ0n) is 17.2. The molecule has 3 N–H and O–H groups in total. The summed E-state index contributed by atoms with van der Waals surface area (Å²) in [6.45, 7) is 1.67. The second kappa shape index (κ2) is 6.89.